The van der Waals surface area contributed by atoms with Crippen LogP contribution in [-0.2, 0) is 5.41 Å². The molecule has 2 aliphatic carbocycles. The largest absolute Gasteiger partial charge is 0.454 e. The van der Waals surface area contributed by atoms with Gasteiger partial charge in [-0.25, -0.2) is 0 Å². The molecule has 0 spiro atoms. The summed E-state index contributed by atoms with van der Waals surface area (Å²) in [5, 5.41) is 12.2. The predicted molar refractivity (Wildman–Crippen MR) is 352 cm³/mol. The summed E-state index contributed by atoms with van der Waals surface area (Å²) in [5.41, 5.74) is 19.9. The number of nitriles is 1. The fourth-order valence-corrected chi connectivity index (χ4v) is 12.2. The number of hydrogen-bond donors (Lipinski definition) is 0. The molecule has 5 nitrogen and oxygen atoms in total. The lowest BCUT2D eigenvalue weighted by Crippen LogP contribution is -2.28. The zero-order chi connectivity index (χ0) is 57.5. The minimum Gasteiger partial charge on any atom is -0.454 e. The van der Waals surface area contributed by atoms with Crippen LogP contribution >= 0.6 is 0 Å². The molecule has 14 rings (SSSR count). The molecule has 0 saturated heterocycles. The minimum atomic E-state index is -0.281. The molecule has 3 atom stereocenters. The first-order valence-corrected chi connectivity index (χ1v) is 28.5. The van der Waals surface area contributed by atoms with Gasteiger partial charge in [0.15, 0.2) is 5.58 Å². The van der Waals surface area contributed by atoms with Crippen molar-refractivity contribution in [3.63, 3.8) is 0 Å². The molecule has 0 fully saturated rings. The number of rotatable bonds is 10. The average Bonchev–Trinajstić information content (AvgIpc) is 3.48. The van der Waals surface area contributed by atoms with Crippen molar-refractivity contribution in [1.82, 2.24) is 0 Å². The van der Waals surface area contributed by atoms with E-state index in [0.29, 0.717) is 5.56 Å². The van der Waals surface area contributed by atoms with Crippen LogP contribution < -0.4 is 14.7 Å². The minimum absolute atomic E-state index is 0.148. The van der Waals surface area contributed by atoms with Gasteiger partial charge in [0.05, 0.1) is 23.4 Å². The summed E-state index contributed by atoms with van der Waals surface area (Å²) in [7, 11) is 0. The van der Waals surface area contributed by atoms with Crippen LogP contribution in [0.25, 0.3) is 44.2 Å². The van der Waals surface area contributed by atoms with Crippen LogP contribution in [0.1, 0.15) is 61.4 Å². The molecule has 5 heteroatoms. The van der Waals surface area contributed by atoms with Crippen molar-refractivity contribution in [2.45, 2.75) is 45.1 Å². The van der Waals surface area contributed by atoms with Crippen molar-refractivity contribution in [1.29, 1.82) is 5.26 Å². The van der Waals surface area contributed by atoms with Gasteiger partial charge < -0.3 is 19.1 Å². The Hall–Kier alpha value is -10.4. The Bertz CT molecular complexity index is 4240. The molecule has 3 unspecified atom stereocenters. The number of anilines is 8. The van der Waals surface area contributed by atoms with E-state index < -0.39 is 0 Å². The van der Waals surface area contributed by atoms with E-state index in [9.17, 15) is 5.26 Å². The molecule has 83 heavy (non-hydrogen) atoms. The summed E-state index contributed by atoms with van der Waals surface area (Å²) < 4.78 is 7.20. The van der Waals surface area contributed by atoms with Crippen molar-refractivity contribution in [3.8, 4) is 28.3 Å². The SMILES string of the molecule is C=CC.C=CC=C.CC.CC1(c2ccccc2)c2ccccc2-c2cc(-c3ccc4oc5c(N(c6ccccc6)c6ccc7c(c6)C6C=CC=CC6N7c6ccccc6)cc(N(c6ccccc6)c6cccc(C#N)c6)cc5c4c3)ccc21. The predicted octanol–water partition coefficient (Wildman–Crippen LogP) is 21.7. The molecule has 0 N–H and O–H groups in total. The highest BCUT2D eigenvalue weighted by atomic mass is 16.3. The molecule has 0 amide bonds. The second-order valence-electron chi connectivity index (χ2n) is 20.6. The van der Waals surface area contributed by atoms with Crippen LogP contribution in [0.15, 0.2) is 303 Å². The van der Waals surface area contributed by atoms with Gasteiger partial charge in [-0.3, -0.25) is 0 Å². The van der Waals surface area contributed by atoms with E-state index in [1.807, 2.05) is 45.0 Å². The Balaban J connectivity index is 0.000000755. The third-order valence-electron chi connectivity index (χ3n) is 15.8. The molecule has 0 saturated carbocycles. The zero-order valence-electron chi connectivity index (χ0n) is 47.5. The van der Waals surface area contributed by atoms with Crippen LogP contribution in [0.4, 0.5) is 45.5 Å². The van der Waals surface area contributed by atoms with Crippen molar-refractivity contribution in [3.05, 3.63) is 327 Å². The van der Waals surface area contributed by atoms with Gasteiger partial charge in [0, 0.05) is 61.9 Å². The average molecular weight is 1080 g/mol. The molecule has 2 heterocycles. The van der Waals surface area contributed by atoms with Crippen LogP contribution in [-0.4, -0.2) is 6.04 Å². The summed E-state index contributed by atoms with van der Waals surface area (Å²) in [6.45, 7) is 18.3. The number of furan rings is 1. The normalized spacial score (nSPS) is 15.5. The number of benzene rings is 10. The van der Waals surface area contributed by atoms with Gasteiger partial charge in [-0.15, -0.1) is 6.58 Å². The van der Waals surface area contributed by atoms with Gasteiger partial charge in [-0.1, -0.05) is 203 Å². The Kier molecular flexibility index (Phi) is 15.9. The smallest absolute Gasteiger partial charge is 0.159 e. The molecule has 404 valence electrons. The zero-order valence-corrected chi connectivity index (χ0v) is 47.5. The van der Waals surface area contributed by atoms with Gasteiger partial charge in [0.2, 0.25) is 0 Å². The highest BCUT2D eigenvalue weighted by molar-refractivity contribution is 6.13. The summed E-state index contributed by atoms with van der Waals surface area (Å²) in [4.78, 5) is 7.08. The number of nitrogens with zero attached hydrogens (tertiary/aromatic N) is 4. The van der Waals surface area contributed by atoms with Crippen LogP contribution in [0.5, 0.6) is 0 Å². The molecule has 11 aromatic rings. The van der Waals surface area contributed by atoms with E-state index in [4.69, 9.17) is 4.42 Å². The maximum atomic E-state index is 10.2. The topological polar surface area (TPSA) is 46.7 Å². The van der Waals surface area contributed by atoms with Crippen LogP contribution in [0.3, 0.4) is 0 Å². The molecule has 3 aliphatic rings. The van der Waals surface area contributed by atoms with Crippen LogP contribution in [0.2, 0.25) is 0 Å². The third kappa shape index (κ3) is 10.1. The Morgan fingerprint density at radius 1 is 0.530 bits per heavy atom. The molecule has 0 bridgehead atoms. The number of hydrogen-bond acceptors (Lipinski definition) is 5. The highest BCUT2D eigenvalue weighted by Gasteiger charge is 2.41. The molecule has 1 aliphatic heterocycles. The van der Waals surface area contributed by atoms with E-state index in [1.165, 1.54) is 44.8 Å². The molecular weight excluding hydrogens is 1010 g/mol. The second kappa shape index (κ2) is 24.1. The third-order valence-corrected chi connectivity index (χ3v) is 15.8. The standard InChI is InChI=1S/C69H48N4O.C4H6.C3H6.C2H6/c1-69(49-20-6-2-7-21-49)62-31-16-14-29-56(62)58-40-47(33-36-63(58)69)48-34-38-67-60(41-48)61-43-55(71(50-22-8-3-9-23-50)53-28-18-19-46(39-53)45-70)44-66(68(61)74-67)72(51-24-10-4-11-25-51)54-35-37-65-59(42-54)57-30-15-17-32-64(57)73(65)52-26-12-5-13-27-52;1-3-4-2;1-3-2;1-2/h2-44,57,64H,1H3;3-4H,1-2H2;3H,1H2,2H3;1-2H3. The lowest BCUT2D eigenvalue weighted by molar-refractivity contribution is 0.669. The molecular formula is C78H66N4O. The summed E-state index contributed by atoms with van der Waals surface area (Å²) in [6, 6.07) is 87.0. The van der Waals surface area contributed by atoms with E-state index >= 15 is 0 Å². The maximum absolute atomic E-state index is 10.2. The molecule has 0 radical (unpaired) electrons. The molecule has 1 aromatic heterocycles. The first kappa shape index (κ1) is 54.5. The van der Waals surface area contributed by atoms with Gasteiger partial charge in [0.25, 0.3) is 0 Å². The number of para-hydroxylation sites is 3. The van der Waals surface area contributed by atoms with Gasteiger partial charge in [0.1, 0.15) is 5.58 Å². The summed E-state index contributed by atoms with van der Waals surface area (Å²) in [5.74, 6) is 0.157. The van der Waals surface area contributed by atoms with Crippen molar-refractivity contribution < 1.29 is 4.42 Å². The Labute approximate surface area is 489 Å². The van der Waals surface area contributed by atoms with Gasteiger partial charge in [-0.2, -0.15) is 5.26 Å². The van der Waals surface area contributed by atoms with Gasteiger partial charge >= 0.3 is 0 Å². The fourth-order valence-electron chi connectivity index (χ4n) is 12.2. The van der Waals surface area contributed by atoms with Crippen molar-refractivity contribution >= 4 is 67.4 Å². The Morgan fingerprint density at radius 3 is 1.82 bits per heavy atom. The Morgan fingerprint density at radius 2 is 1.12 bits per heavy atom. The quantitative estimate of drug-likeness (QED) is 0.101. The van der Waals surface area contributed by atoms with Crippen LogP contribution in [0, 0.1) is 11.3 Å². The lowest BCUT2D eigenvalue weighted by Gasteiger charge is -2.30. The van der Waals surface area contributed by atoms with Crippen molar-refractivity contribution in [2.75, 3.05) is 14.7 Å². The maximum Gasteiger partial charge on any atom is 0.159 e. The number of allylic oxidation sites excluding steroid dienone is 5. The van der Waals surface area contributed by atoms with Crippen molar-refractivity contribution in [2.24, 2.45) is 0 Å². The summed E-state index contributed by atoms with van der Waals surface area (Å²) in [6.07, 6.45) is 14.0. The van der Waals surface area contributed by atoms with E-state index in [-0.39, 0.29) is 17.4 Å². The second-order valence-corrected chi connectivity index (χ2v) is 20.6. The van der Waals surface area contributed by atoms with E-state index in [0.717, 1.165) is 67.2 Å². The van der Waals surface area contributed by atoms with E-state index in [2.05, 4.69) is 284 Å². The fraction of sp³-hybridized carbons (Fsp3) is 0.0897. The first-order valence-electron chi connectivity index (χ1n) is 28.5. The lowest BCUT2D eigenvalue weighted by atomic mass is 9.74. The first-order chi connectivity index (χ1) is 40.9. The molecule has 10 aromatic carbocycles. The highest BCUT2D eigenvalue weighted by Crippen LogP contribution is 2.55. The monoisotopic (exact) mass is 1070 g/mol. The van der Waals surface area contributed by atoms with Gasteiger partial charge in [-0.05, 0) is 161 Å². The van der Waals surface area contributed by atoms with E-state index in [1.54, 1.807) is 18.2 Å². The summed E-state index contributed by atoms with van der Waals surface area (Å²) >= 11 is 0. The number of fused-ring (bicyclic) bond motifs is 9.